The van der Waals surface area contributed by atoms with Crippen LogP contribution in [0.5, 0.6) is 11.5 Å². The van der Waals surface area contributed by atoms with Gasteiger partial charge in [0.15, 0.2) is 17.5 Å². The van der Waals surface area contributed by atoms with E-state index >= 15 is 0 Å². The van der Waals surface area contributed by atoms with Crippen molar-refractivity contribution in [2.75, 3.05) is 20.8 Å². The molecule has 1 aromatic rings. The predicted molar refractivity (Wildman–Crippen MR) is 88.9 cm³/mol. The Bertz CT molecular complexity index is 668. The fourth-order valence-electron chi connectivity index (χ4n) is 3.77. The van der Waals surface area contributed by atoms with E-state index in [2.05, 4.69) is 0 Å². The minimum absolute atomic E-state index is 0.0222. The van der Waals surface area contributed by atoms with E-state index < -0.39 is 17.7 Å². The van der Waals surface area contributed by atoms with Crippen LogP contribution in [-0.2, 0) is 9.53 Å². The third-order valence-corrected chi connectivity index (χ3v) is 5.03. The summed E-state index contributed by atoms with van der Waals surface area (Å²) in [5.74, 6) is -0.457. The summed E-state index contributed by atoms with van der Waals surface area (Å²) in [7, 11) is 3.01. The number of amides is 1. The maximum atomic E-state index is 13.2. The highest BCUT2D eigenvalue weighted by Crippen LogP contribution is 2.41. The van der Waals surface area contributed by atoms with Crippen LogP contribution in [0.1, 0.15) is 42.5 Å². The van der Waals surface area contributed by atoms with Gasteiger partial charge in [-0.3, -0.25) is 9.69 Å². The predicted octanol–water partition coefficient (Wildman–Crippen LogP) is 2.29. The van der Waals surface area contributed by atoms with Gasteiger partial charge in [0.05, 0.1) is 20.8 Å². The number of carboxylic acid groups (broad SMARTS) is 1. The maximum Gasteiger partial charge on any atom is 0.328 e. The van der Waals surface area contributed by atoms with Gasteiger partial charge in [-0.1, -0.05) is 6.42 Å². The van der Waals surface area contributed by atoms with E-state index in [-0.39, 0.29) is 12.5 Å². The molecule has 1 aromatic carbocycles. The molecule has 1 saturated carbocycles. The lowest BCUT2D eigenvalue weighted by atomic mass is 9.89. The second-order valence-corrected chi connectivity index (χ2v) is 6.42. The molecule has 2 fully saturated rings. The molecule has 0 unspecified atom stereocenters. The lowest BCUT2D eigenvalue weighted by Crippen LogP contribution is -2.54. The van der Waals surface area contributed by atoms with Gasteiger partial charge in [0, 0.05) is 5.56 Å². The van der Waals surface area contributed by atoms with Crippen LogP contribution in [0.4, 0.5) is 0 Å². The molecule has 1 spiro atoms. The second kappa shape index (κ2) is 6.92. The van der Waals surface area contributed by atoms with Crippen LogP contribution in [0, 0.1) is 0 Å². The summed E-state index contributed by atoms with van der Waals surface area (Å²) in [4.78, 5) is 26.3. The Balaban J connectivity index is 1.97. The molecule has 0 bridgehead atoms. The molecule has 136 valence electrons. The van der Waals surface area contributed by atoms with Gasteiger partial charge in [-0.05, 0) is 43.9 Å². The van der Waals surface area contributed by atoms with Crippen molar-refractivity contribution in [3.8, 4) is 11.5 Å². The molecule has 2 aliphatic rings. The first-order valence-electron chi connectivity index (χ1n) is 8.45. The summed E-state index contributed by atoms with van der Waals surface area (Å²) in [5.41, 5.74) is -0.453. The van der Waals surface area contributed by atoms with Crippen molar-refractivity contribution in [1.82, 2.24) is 4.90 Å². The van der Waals surface area contributed by atoms with Crippen LogP contribution in [0.2, 0.25) is 0 Å². The van der Waals surface area contributed by atoms with Crippen molar-refractivity contribution in [3.05, 3.63) is 23.8 Å². The van der Waals surface area contributed by atoms with E-state index in [0.717, 1.165) is 19.3 Å². The van der Waals surface area contributed by atoms with E-state index in [1.54, 1.807) is 18.2 Å². The van der Waals surface area contributed by atoms with Gasteiger partial charge in [0.1, 0.15) is 5.72 Å². The number of benzene rings is 1. The van der Waals surface area contributed by atoms with E-state index in [9.17, 15) is 14.7 Å². The van der Waals surface area contributed by atoms with Gasteiger partial charge in [-0.15, -0.1) is 0 Å². The van der Waals surface area contributed by atoms with Crippen LogP contribution in [0.25, 0.3) is 0 Å². The quantitative estimate of drug-likeness (QED) is 0.898. The molecule has 7 nitrogen and oxygen atoms in total. The first-order chi connectivity index (χ1) is 12.0. The van der Waals surface area contributed by atoms with E-state index in [4.69, 9.17) is 14.2 Å². The number of methoxy groups -OCH3 is 2. The normalized spacial score (nSPS) is 22.0. The van der Waals surface area contributed by atoms with Crippen molar-refractivity contribution < 1.29 is 28.9 Å². The molecule has 1 saturated heterocycles. The van der Waals surface area contributed by atoms with Crippen molar-refractivity contribution in [2.24, 2.45) is 0 Å². The Kier molecular flexibility index (Phi) is 4.85. The van der Waals surface area contributed by atoms with Crippen LogP contribution in [-0.4, -0.2) is 54.5 Å². The summed E-state index contributed by atoms with van der Waals surface area (Å²) in [6, 6.07) is 3.87. The summed E-state index contributed by atoms with van der Waals surface area (Å²) >= 11 is 0. The van der Waals surface area contributed by atoms with Crippen LogP contribution in [0.3, 0.4) is 0 Å². The molecular formula is C18H23NO6. The Morgan fingerprint density at radius 2 is 1.84 bits per heavy atom. The zero-order chi connectivity index (χ0) is 18.0. The number of carbonyl (C=O) groups excluding carboxylic acids is 1. The van der Waals surface area contributed by atoms with Crippen molar-refractivity contribution in [1.29, 1.82) is 0 Å². The number of nitrogens with zero attached hydrogens (tertiary/aromatic N) is 1. The van der Waals surface area contributed by atoms with Gasteiger partial charge < -0.3 is 19.3 Å². The lowest BCUT2D eigenvalue weighted by molar-refractivity contribution is -0.143. The molecule has 1 amide bonds. The van der Waals surface area contributed by atoms with E-state index in [0.29, 0.717) is 29.9 Å². The van der Waals surface area contributed by atoms with Crippen LogP contribution < -0.4 is 9.47 Å². The Morgan fingerprint density at radius 3 is 2.44 bits per heavy atom. The number of carbonyl (C=O) groups is 2. The van der Waals surface area contributed by atoms with Crippen LogP contribution in [0.15, 0.2) is 18.2 Å². The molecule has 1 aliphatic heterocycles. The van der Waals surface area contributed by atoms with Gasteiger partial charge in [-0.25, -0.2) is 4.79 Å². The first kappa shape index (κ1) is 17.5. The SMILES string of the molecule is COc1ccc(C(=O)N2[C@@H](C(=O)O)COC23CCCCC3)cc1OC. The average molecular weight is 349 g/mol. The highest BCUT2D eigenvalue weighted by molar-refractivity contribution is 5.98. The zero-order valence-electron chi connectivity index (χ0n) is 14.5. The fourth-order valence-corrected chi connectivity index (χ4v) is 3.77. The van der Waals surface area contributed by atoms with E-state index in [1.165, 1.54) is 19.1 Å². The molecule has 25 heavy (non-hydrogen) atoms. The third kappa shape index (κ3) is 3.04. The Morgan fingerprint density at radius 1 is 1.16 bits per heavy atom. The standard InChI is InChI=1S/C18H23NO6/c1-23-14-7-6-12(10-15(14)24-2)16(20)19-13(17(21)22)11-25-18(19)8-4-3-5-9-18/h6-7,10,13H,3-5,8-9,11H2,1-2H3,(H,21,22)/t13-/m1/s1. The molecule has 3 rings (SSSR count). The monoisotopic (exact) mass is 349 g/mol. The summed E-state index contributed by atoms with van der Waals surface area (Å²) in [5, 5.41) is 9.56. The number of hydrogen-bond donors (Lipinski definition) is 1. The molecule has 1 aliphatic carbocycles. The number of hydrogen-bond acceptors (Lipinski definition) is 5. The summed E-state index contributed by atoms with van der Waals surface area (Å²) < 4.78 is 16.3. The topological polar surface area (TPSA) is 85.3 Å². The Hall–Kier alpha value is -2.28. The molecule has 0 aromatic heterocycles. The minimum atomic E-state index is -1.05. The third-order valence-electron chi connectivity index (χ3n) is 5.03. The zero-order valence-corrected chi connectivity index (χ0v) is 14.5. The second-order valence-electron chi connectivity index (χ2n) is 6.42. The Labute approximate surface area is 146 Å². The summed E-state index contributed by atoms with van der Waals surface area (Å²) in [6.07, 6.45) is 4.23. The molecule has 1 heterocycles. The number of aliphatic carboxylic acids is 1. The molecule has 0 radical (unpaired) electrons. The number of carboxylic acids is 1. The van der Waals surface area contributed by atoms with Crippen molar-refractivity contribution in [2.45, 2.75) is 43.9 Å². The van der Waals surface area contributed by atoms with Gasteiger partial charge >= 0.3 is 5.97 Å². The van der Waals surface area contributed by atoms with E-state index in [1.807, 2.05) is 0 Å². The van der Waals surface area contributed by atoms with Crippen LogP contribution >= 0.6 is 0 Å². The average Bonchev–Trinajstić information content (AvgIpc) is 2.99. The van der Waals surface area contributed by atoms with Crippen molar-refractivity contribution >= 4 is 11.9 Å². The van der Waals surface area contributed by atoms with Gasteiger partial charge in [-0.2, -0.15) is 0 Å². The lowest BCUT2D eigenvalue weighted by Gasteiger charge is -2.41. The first-order valence-corrected chi connectivity index (χ1v) is 8.45. The molecule has 7 heteroatoms. The number of ether oxygens (including phenoxy) is 3. The molecular weight excluding hydrogens is 326 g/mol. The fraction of sp³-hybridized carbons (Fsp3) is 0.556. The summed E-state index contributed by atoms with van der Waals surface area (Å²) in [6.45, 7) is 0.0222. The largest absolute Gasteiger partial charge is 0.493 e. The van der Waals surface area contributed by atoms with Crippen molar-refractivity contribution in [3.63, 3.8) is 0 Å². The molecule has 1 atom stereocenters. The minimum Gasteiger partial charge on any atom is -0.493 e. The highest BCUT2D eigenvalue weighted by atomic mass is 16.5. The van der Waals surface area contributed by atoms with Gasteiger partial charge in [0.2, 0.25) is 0 Å². The molecule has 1 N–H and O–H groups in total. The highest BCUT2D eigenvalue weighted by Gasteiger charge is 2.53. The van der Waals surface area contributed by atoms with Gasteiger partial charge in [0.25, 0.3) is 5.91 Å². The number of rotatable bonds is 4. The maximum absolute atomic E-state index is 13.2. The smallest absolute Gasteiger partial charge is 0.328 e.